The second kappa shape index (κ2) is 6.22. The van der Waals surface area contributed by atoms with Gasteiger partial charge in [-0.2, -0.15) is 0 Å². The predicted octanol–water partition coefficient (Wildman–Crippen LogP) is 4.26. The van der Waals surface area contributed by atoms with E-state index in [2.05, 4.69) is 0 Å². The number of benzene rings is 2. The molecule has 0 fully saturated rings. The Labute approximate surface area is 131 Å². The molecule has 0 aliphatic rings. The molecule has 0 saturated heterocycles. The van der Waals surface area contributed by atoms with Crippen molar-refractivity contribution < 1.29 is 14.6 Å². The number of ether oxygens (including phenoxy) is 1. The molecular weight excluding hydrogens is 276 g/mol. The van der Waals surface area contributed by atoms with Gasteiger partial charge in [0.25, 0.3) is 0 Å². The van der Waals surface area contributed by atoms with Gasteiger partial charge in [0.15, 0.2) is 5.78 Å². The van der Waals surface area contributed by atoms with E-state index in [0.717, 1.165) is 22.3 Å². The number of rotatable bonds is 4. The number of phenolic OH excluding ortho intramolecular Hbond substituents is 1. The van der Waals surface area contributed by atoms with Crippen LogP contribution in [0.15, 0.2) is 24.3 Å². The SMILES string of the molecule is CCOc1cc(O)c(C(=O)c2ccc(C)cc2C)c(C)c1C. The van der Waals surface area contributed by atoms with Gasteiger partial charge < -0.3 is 9.84 Å². The first-order valence-corrected chi connectivity index (χ1v) is 7.44. The summed E-state index contributed by atoms with van der Waals surface area (Å²) < 4.78 is 5.51. The Bertz CT molecular complexity index is 730. The quantitative estimate of drug-likeness (QED) is 0.858. The van der Waals surface area contributed by atoms with Crippen LogP contribution in [-0.4, -0.2) is 17.5 Å². The lowest BCUT2D eigenvalue weighted by atomic mass is 9.92. The van der Waals surface area contributed by atoms with Gasteiger partial charge in [0.1, 0.15) is 11.5 Å². The summed E-state index contributed by atoms with van der Waals surface area (Å²) in [6, 6.07) is 7.23. The lowest BCUT2D eigenvalue weighted by molar-refractivity contribution is 0.103. The van der Waals surface area contributed by atoms with E-state index in [0.29, 0.717) is 23.5 Å². The highest BCUT2D eigenvalue weighted by molar-refractivity contribution is 6.12. The largest absolute Gasteiger partial charge is 0.507 e. The van der Waals surface area contributed by atoms with Crippen LogP contribution in [0, 0.1) is 27.7 Å². The monoisotopic (exact) mass is 298 g/mol. The van der Waals surface area contributed by atoms with Gasteiger partial charge in [0.05, 0.1) is 12.2 Å². The molecule has 3 heteroatoms. The maximum atomic E-state index is 12.8. The summed E-state index contributed by atoms with van der Waals surface area (Å²) in [5, 5.41) is 10.3. The zero-order valence-corrected chi connectivity index (χ0v) is 13.8. The number of hydrogen-bond acceptors (Lipinski definition) is 3. The van der Waals surface area contributed by atoms with Gasteiger partial charge in [0, 0.05) is 11.6 Å². The molecule has 22 heavy (non-hydrogen) atoms. The summed E-state index contributed by atoms with van der Waals surface area (Å²) >= 11 is 0. The Morgan fingerprint density at radius 1 is 1.09 bits per heavy atom. The number of carbonyl (C=O) groups excluding carboxylic acids is 1. The normalized spacial score (nSPS) is 10.6. The van der Waals surface area contributed by atoms with E-state index in [1.807, 2.05) is 52.8 Å². The van der Waals surface area contributed by atoms with Crippen LogP contribution in [0.1, 0.15) is 45.1 Å². The summed E-state index contributed by atoms with van der Waals surface area (Å²) in [5.41, 5.74) is 4.63. The van der Waals surface area contributed by atoms with E-state index in [1.165, 1.54) is 6.07 Å². The van der Waals surface area contributed by atoms with Crippen LogP contribution in [0.5, 0.6) is 11.5 Å². The first-order valence-electron chi connectivity index (χ1n) is 7.44. The molecule has 0 bridgehead atoms. The molecule has 0 spiro atoms. The van der Waals surface area contributed by atoms with E-state index in [1.54, 1.807) is 0 Å². The first-order chi connectivity index (χ1) is 10.4. The van der Waals surface area contributed by atoms with Gasteiger partial charge in [-0.3, -0.25) is 4.79 Å². The summed E-state index contributed by atoms with van der Waals surface area (Å²) in [5.74, 6) is 0.435. The molecule has 2 aromatic carbocycles. The summed E-state index contributed by atoms with van der Waals surface area (Å²) in [7, 11) is 0. The fourth-order valence-electron chi connectivity index (χ4n) is 2.66. The summed E-state index contributed by atoms with van der Waals surface area (Å²) in [6.07, 6.45) is 0. The maximum Gasteiger partial charge on any atom is 0.197 e. The van der Waals surface area contributed by atoms with Gasteiger partial charge in [-0.15, -0.1) is 0 Å². The predicted molar refractivity (Wildman–Crippen MR) is 88.1 cm³/mol. The van der Waals surface area contributed by atoms with Crippen molar-refractivity contribution in [1.82, 2.24) is 0 Å². The highest BCUT2D eigenvalue weighted by atomic mass is 16.5. The highest BCUT2D eigenvalue weighted by Gasteiger charge is 2.21. The Kier molecular flexibility index (Phi) is 4.55. The second-order valence-electron chi connectivity index (χ2n) is 5.60. The number of carbonyl (C=O) groups is 1. The number of ketones is 1. The molecule has 116 valence electrons. The van der Waals surface area contributed by atoms with Crippen LogP contribution in [0.2, 0.25) is 0 Å². The van der Waals surface area contributed by atoms with Gasteiger partial charge in [-0.1, -0.05) is 23.8 Å². The van der Waals surface area contributed by atoms with Crippen molar-refractivity contribution in [3.05, 3.63) is 57.6 Å². The zero-order valence-electron chi connectivity index (χ0n) is 13.8. The number of phenols is 1. The van der Waals surface area contributed by atoms with Crippen LogP contribution < -0.4 is 4.74 Å². The third-order valence-corrected chi connectivity index (χ3v) is 3.98. The fraction of sp³-hybridized carbons (Fsp3) is 0.316. The van der Waals surface area contributed by atoms with Gasteiger partial charge in [-0.25, -0.2) is 0 Å². The molecule has 1 N–H and O–H groups in total. The molecule has 0 aliphatic carbocycles. The van der Waals surface area contributed by atoms with E-state index < -0.39 is 0 Å². The van der Waals surface area contributed by atoms with Crippen molar-refractivity contribution in [2.75, 3.05) is 6.61 Å². The Balaban J connectivity index is 2.57. The summed E-state index contributed by atoms with van der Waals surface area (Å²) in [4.78, 5) is 12.8. The average Bonchev–Trinajstić information content (AvgIpc) is 2.44. The Hall–Kier alpha value is -2.29. The van der Waals surface area contributed by atoms with Crippen molar-refractivity contribution in [3.63, 3.8) is 0 Å². The highest BCUT2D eigenvalue weighted by Crippen LogP contribution is 2.34. The topological polar surface area (TPSA) is 46.5 Å². The third-order valence-electron chi connectivity index (χ3n) is 3.98. The first kappa shape index (κ1) is 16.1. The van der Waals surface area contributed by atoms with Crippen molar-refractivity contribution in [2.24, 2.45) is 0 Å². The molecule has 0 aliphatic heterocycles. The molecule has 0 aromatic heterocycles. The zero-order chi connectivity index (χ0) is 16.4. The van der Waals surface area contributed by atoms with Crippen LogP contribution in [0.3, 0.4) is 0 Å². The van der Waals surface area contributed by atoms with Crippen LogP contribution in [0.25, 0.3) is 0 Å². The minimum Gasteiger partial charge on any atom is -0.507 e. The van der Waals surface area contributed by atoms with Crippen LogP contribution >= 0.6 is 0 Å². The van der Waals surface area contributed by atoms with Crippen molar-refractivity contribution in [1.29, 1.82) is 0 Å². The van der Waals surface area contributed by atoms with Gasteiger partial charge >= 0.3 is 0 Å². The molecule has 2 aromatic rings. The minimum absolute atomic E-state index is 0.0310. The average molecular weight is 298 g/mol. The Morgan fingerprint density at radius 3 is 2.36 bits per heavy atom. The molecule has 0 atom stereocenters. The number of hydrogen-bond donors (Lipinski definition) is 1. The standard InChI is InChI=1S/C19H22O3/c1-6-22-17-10-16(20)18(14(5)13(17)4)19(21)15-8-7-11(2)9-12(15)3/h7-10,20H,6H2,1-5H3. The smallest absolute Gasteiger partial charge is 0.197 e. The minimum atomic E-state index is -0.154. The van der Waals surface area contributed by atoms with Crippen LogP contribution in [0.4, 0.5) is 0 Å². The van der Waals surface area contributed by atoms with E-state index in [9.17, 15) is 9.90 Å². The van der Waals surface area contributed by atoms with E-state index in [-0.39, 0.29) is 11.5 Å². The fourth-order valence-corrected chi connectivity index (χ4v) is 2.66. The molecular formula is C19H22O3. The lowest BCUT2D eigenvalue weighted by Crippen LogP contribution is -2.08. The second-order valence-corrected chi connectivity index (χ2v) is 5.60. The Morgan fingerprint density at radius 2 is 1.77 bits per heavy atom. The van der Waals surface area contributed by atoms with Crippen LogP contribution in [-0.2, 0) is 0 Å². The van der Waals surface area contributed by atoms with Crippen molar-refractivity contribution >= 4 is 5.78 Å². The molecule has 3 nitrogen and oxygen atoms in total. The number of aryl methyl sites for hydroxylation is 2. The molecule has 0 heterocycles. The van der Waals surface area contributed by atoms with Crippen molar-refractivity contribution in [2.45, 2.75) is 34.6 Å². The molecule has 0 unspecified atom stereocenters. The molecule has 2 rings (SSSR count). The van der Waals surface area contributed by atoms with E-state index >= 15 is 0 Å². The molecule has 0 amide bonds. The van der Waals surface area contributed by atoms with Gasteiger partial charge in [-0.05, 0) is 51.3 Å². The van der Waals surface area contributed by atoms with Crippen molar-refractivity contribution in [3.8, 4) is 11.5 Å². The molecule has 0 radical (unpaired) electrons. The lowest BCUT2D eigenvalue weighted by Gasteiger charge is -2.16. The third kappa shape index (κ3) is 2.84. The number of aromatic hydroxyl groups is 1. The maximum absolute atomic E-state index is 12.8. The van der Waals surface area contributed by atoms with Gasteiger partial charge in [0.2, 0.25) is 0 Å². The molecule has 0 saturated carbocycles. The summed E-state index contributed by atoms with van der Waals surface area (Å²) in [6.45, 7) is 10.1. The van der Waals surface area contributed by atoms with E-state index in [4.69, 9.17) is 4.74 Å².